The molecule has 1 atom stereocenters. The molecule has 3 rings (SSSR count). The zero-order valence-electron chi connectivity index (χ0n) is 17.2. The fourth-order valence-corrected chi connectivity index (χ4v) is 3.78. The van der Waals surface area contributed by atoms with Crippen LogP contribution in [0.5, 0.6) is 0 Å². The number of carbonyl (C=O) groups excluding carboxylic acids is 1. The second-order valence-electron chi connectivity index (χ2n) is 7.82. The van der Waals surface area contributed by atoms with E-state index in [9.17, 15) is 4.79 Å². The molecular formula is C24H33N3O. The van der Waals surface area contributed by atoms with Gasteiger partial charge < -0.3 is 5.32 Å². The molecule has 1 aliphatic rings. The van der Waals surface area contributed by atoms with Gasteiger partial charge in [-0.25, -0.2) is 0 Å². The molecule has 0 saturated carbocycles. The lowest BCUT2D eigenvalue weighted by Crippen LogP contribution is -2.49. The molecule has 1 aliphatic heterocycles. The summed E-state index contributed by atoms with van der Waals surface area (Å²) in [5.74, 6) is 0.113. The van der Waals surface area contributed by atoms with Crippen molar-refractivity contribution >= 4 is 5.91 Å². The Kier molecular flexibility index (Phi) is 7.63. The maximum absolute atomic E-state index is 12.5. The van der Waals surface area contributed by atoms with Crippen molar-refractivity contribution in [3.8, 4) is 0 Å². The third-order valence-corrected chi connectivity index (χ3v) is 5.48. The maximum Gasteiger partial charge on any atom is 0.234 e. The Morgan fingerprint density at radius 3 is 2.21 bits per heavy atom. The maximum atomic E-state index is 12.5. The number of rotatable bonds is 8. The largest absolute Gasteiger partial charge is 0.348 e. The van der Waals surface area contributed by atoms with Gasteiger partial charge in [0.15, 0.2) is 0 Å². The summed E-state index contributed by atoms with van der Waals surface area (Å²) in [6, 6.07) is 19.3. The first-order chi connectivity index (χ1) is 13.6. The lowest BCUT2D eigenvalue weighted by atomic mass is 10.0. The summed E-state index contributed by atoms with van der Waals surface area (Å²) in [6.07, 6.45) is 2.27. The first-order valence-corrected chi connectivity index (χ1v) is 10.5. The first kappa shape index (κ1) is 20.6. The highest BCUT2D eigenvalue weighted by molar-refractivity contribution is 5.78. The van der Waals surface area contributed by atoms with Gasteiger partial charge in [0.1, 0.15) is 0 Å². The molecule has 2 aromatic carbocycles. The van der Waals surface area contributed by atoms with Crippen molar-refractivity contribution in [3.63, 3.8) is 0 Å². The van der Waals surface area contributed by atoms with Crippen LogP contribution in [0.15, 0.2) is 54.6 Å². The molecule has 1 fully saturated rings. The van der Waals surface area contributed by atoms with E-state index in [0.717, 1.165) is 45.6 Å². The smallest absolute Gasteiger partial charge is 0.234 e. The van der Waals surface area contributed by atoms with Crippen molar-refractivity contribution in [1.82, 2.24) is 15.1 Å². The van der Waals surface area contributed by atoms with Crippen LogP contribution in [0.3, 0.4) is 0 Å². The van der Waals surface area contributed by atoms with Gasteiger partial charge in [-0.1, -0.05) is 67.9 Å². The third kappa shape index (κ3) is 6.18. The van der Waals surface area contributed by atoms with Crippen molar-refractivity contribution in [3.05, 3.63) is 71.3 Å². The minimum absolute atomic E-state index is 0.0440. The van der Waals surface area contributed by atoms with Crippen molar-refractivity contribution in [2.24, 2.45) is 0 Å². The topological polar surface area (TPSA) is 35.6 Å². The van der Waals surface area contributed by atoms with Crippen LogP contribution in [0.4, 0.5) is 0 Å². The Morgan fingerprint density at radius 1 is 0.929 bits per heavy atom. The molecule has 28 heavy (non-hydrogen) atoms. The van der Waals surface area contributed by atoms with Crippen molar-refractivity contribution in [2.75, 3.05) is 32.7 Å². The van der Waals surface area contributed by atoms with Gasteiger partial charge in [-0.05, 0) is 30.0 Å². The molecular weight excluding hydrogens is 346 g/mol. The van der Waals surface area contributed by atoms with Gasteiger partial charge in [-0.15, -0.1) is 0 Å². The number of hydrogen-bond donors (Lipinski definition) is 1. The number of aryl methyl sites for hydroxylation is 1. The fourth-order valence-electron chi connectivity index (χ4n) is 3.78. The van der Waals surface area contributed by atoms with E-state index in [0.29, 0.717) is 6.54 Å². The zero-order valence-corrected chi connectivity index (χ0v) is 17.2. The van der Waals surface area contributed by atoms with Gasteiger partial charge in [0.25, 0.3) is 0 Å². The molecule has 2 aromatic rings. The summed E-state index contributed by atoms with van der Waals surface area (Å²) in [4.78, 5) is 17.2. The summed E-state index contributed by atoms with van der Waals surface area (Å²) < 4.78 is 0. The van der Waals surface area contributed by atoms with Gasteiger partial charge in [0.05, 0.1) is 12.6 Å². The average molecular weight is 380 g/mol. The standard InChI is InChI=1S/C24H33N3O/c1-3-7-21-10-12-23(13-11-21)20(2)25-24(28)19-27-16-14-26(15-17-27)18-22-8-5-4-6-9-22/h4-6,8-13,20H,3,7,14-19H2,1-2H3,(H,25,28). The second kappa shape index (κ2) is 10.4. The molecule has 0 bridgehead atoms. The van der Waals surface area contributed by atoms with Crippen molar-refractivity contribution in [2.45, 2.75) is 39.3 Å². The molecule has 1 unspecified atom stereocenters. The molecule has 4 nitrogen and oxygen atoms in total. The quantitative estimate of drug-likeness (QED) is 0.761. The molecule has 4 heteroatoms. The van der Waals surface area contributed by atoms with Gasteiger partial charge in [-0.2, -0.15) is 0 Å². The van der Waals surface area contributed by atoms with Gasteiger partial charge in [0.2, 0.25) is 5.91 Å². The molecule has 0 radical (unpaired) electrons. The van der Waals surface area contributed by atoms with Crippen LogP contribution < -0.4 is 5.32 Å². The lowest BCUT2D eigenvalue weighted by Gasteiger charge is -2.34. The van der Waals surface area contributed by atoms with Gasteiger partial charge in [0, 0.05) is 32.7 Å². The van der Waals surface area contributed by atoms with E-state index in [4.69, 9.17) is 0 Å². The predicted octanol–water partition coefficient (Wildman–Crippen LogP) is 3.63. The number of carbonyl (C=O) groups is 1. The molecule has 0 aliphatic carbocycles. The molecule has 150 valence electrons. The first-order valence-electron chi connectivity index (χ1n) is 10.5. The average Bonchev–Trinajstić information content (AvgIpc) is 2.71. The summed E-state index contributed by atoms with van der Waals surface area (Å²) in [6.45, 7) is 9.64. The van der Waals surface area contributed by atoms with Crippen molar-refractivity contribution in [1.29, 1.82) is 0 Å². The molecule has 0 spiro atoms. The number of nitrogens with one attached hydrogen (secondary N) is 1. The van der Waals surface area contributed by atoms with Gasteiger partial charge >= 0.3 is 0 Å². The highest BCUT2D eigenvalue weighted by Crippen LogP contribution is 2.14. The van der Waals surface area contributed by atoms with E-state index >= 15 is 0 Å². The molecule has 1 amide bonds. The Bertz CT molecular complexity index is 721. The normalized spacial score (nSPS) is 16.6. The van der Waals surface area contributed by atoms with Crippen LogP contribution in [0.25, 0.3) is 0 Å². The minimum Gasteiger partial charge on any atom is -0.348 e. The Hall–Kier alpha value is -2.17. The highest BCUT2D eigenvalue weighted by atomic mass is 16.2. The monoisotopic (exact) mass is 379 g/mol. The number of benzene rings is 2. The predicted molar refractivity (Wildman–Crippen MR) is 115 cm³/mol. The fraction of sp³-hybridized carbons (Fsp3) is 0.458. The highest BCUT2D eigenvalue weighted by Gasteiger charge is 2.20. The number of piperazine rings is 1. The lowest BCUT2D eigenvalue weighted by molar-refractivity contribution is -0.123. The van der Waals surface area contributed by atoms with E-state index in [1.54, 1.807) is 0 Å². The molecule has 1 saturated heterocycles. The van der Waals surface area contributed by atoms with Gasteiger partial charge in [-0.3, -0.25) is 14.6 Å². The Labute approximate surface area is 169 Å². The second-order valence-corrected chi connectivity index (χ2v) is 7.82. The summed E-state index contributed by atoms with van der Waals surface area (Å²) in [7, 11) is 0. The molecule has 1 N–H and O–H groups in total. The number of nitrogens with zero attached hydrogens (tertiary/aromatic N) is 2. The number of hydrogen-bond acceptors (Lipinski definition) is 3. The van der Waals surface area contributed by atoms with Crippen LogP contribution in [0, 0.1) is 0 Å². The molecule has 0 aromatic heterocycles. The van der Waals surface area contributed by atoms with E-state index in [2.05, 4.69) is 83.6 Å². The third-order valence-electron chi connectivity index (χ3n) is 5.48. The van der Waals surface area contributed by atoms with Crippen LogP contribution in [0.2, 0.25) is 0 Å². The molecule has 1 heterocycles. The van der Waals surface area contributed by atoms with Crippen LogP contribution in [0.1, 0.15) is 43.0 Å². The van der Waals surface area contributed by atoms with Crippen molar-refractivity contribution < 1.29 is 4.79 Å². The van der Waals surface area contributed by atoms with E-state index in [1.165, 1.54) is 16.7 Å². The summed E-state index contributed by atoms with van der Waals surface area (Å²) in [5.41, 5.74) is 3.88. The minimum atomic E-state index is 0.0440. The summed E-state index contributed by atoms with van der Waals surface area (Å²) in [5, 5.41) is 3.15. The Morgan fingerprint density at radius 2 is 1.57 bits per heavy atom. The van der Waals surface area contributed by atoms with Crippen LogP contribution in [-0.2, 0) is 17.8 Å². The van der Waals surface area contributed by atoms with E-state index in [1.807, 2.05) is 0 Å². The number of amides is 1. The SMILES string of the molecule is CCCc1ccc(C(C)NC(=O)CN2CCN(Cc3ccccc3)CC2)cc1. The van der Waals surface area contributed by atoms with Crippen LogP contribution >= 0.6 is 0 Å². The Balaban J connectivity index is 1.40. The van der Waals surface area contributed by atoms with Crippen LogP contribution in [-0.4, -0.2) is 48.4 Å². The zero-order chi connectivity index (χ0) is 19.8. The van der Waals surface area contributed by atoms with E-state index in [-0.39, 0.29) is 11.9 Å². The van der Waals surface area contributed by atoms with E-state index < -0.39 is 0 Å². The summed E-state index contributed by atoms with van der Waals surface area (Å²) >= 11 is 0.